The summed E-state index contributed by atoms with van der Waals surface area (Å²) in [7, 11) is 0. The van der Waals surface area contributed by atoms with Crippen LogP contribution in [-0.4, -0.2) is 52.7 Å². The van der Waals surface area contributed by atoms with E-state index in [1.165, 1.54) is 23.2 Å². The third-order valence-corrected chi connectivity index (χ3v) is 6.82. The van der Waals surface area contributed by atoms with Gasteiger partial charge in [-0.2, -0.15) is 5.10 Å². The first-order chi connectivity index (χ1) is 14.6. The number of piperidine rings is 1. The number of hydrogen-bond acceptors (Lipinski definition) is 7. The molecule has 1 atom stereocenters. The Kier molecular flexibility index (Phi) is 5.10. The Labute approximate surface area is 182 Å². The molecule has 8 nitrogen and oxygen atoms in total. The molecule has 1 amide bonds. The van der Waals surface area contributed by atoms with E-state index in [0.717, 1.165) is 49.4 Å². The van der Waals surface area contributed by atoms with Crippen molar-refractivity contribution in [2.45, 2.75) is 18.9 Å². The number of halogens is 1. The molecule has 2 aliphatic heterocycles. The highest BCUT2D eigenvalue weighted by molar-refractivity contribution is 7.18. The van der Waals surface area contributed by atoms with Crippen molar-refractivity contribution >= 4 is 51.4 Å². The van der Waals surface area contributed by atoms with Gasteiger partial charge in [0.15, 0.2) is 5.82 Å². The Morgan fingerprint density at radius 3 is 3.07 bits per heavy atom. The van der Waals surface area contributed by atoms with E-state index >= 15 is 0 Å². The van der Waals surface area contributed by atoms with Gasteiger partial charge in [-0.3, -0.25) is 4.79 Å². The zero-order valence-electron chi connectivity index (χ0n) is 16.3. The second-order valence-electron chi connectivity index (χ2n) is 7.54. The number of nitrogens with one attached hydrogen (secondary N) is 2. The van der Waals surface area contributed by atoms with Crippen molar-refractivity contribution in [3.8, 4) is 0 Å². The molecular formula is C20H22ClN7OS. The van der Waals surface area contributed by atoms with E-state index in [1.807, 2.05) is 4.52 Å². The van der Waals surface area contributed by atoms with E-state index in [2.05, 4.69) is 37.8 Å². The van der Waals surface area contributed by atoms with Gasteiger partial charge in [0.2, 0.25) is 0 Å². The summed E-state index contributed by atoms with van der Waals surface area (Å²) in [5, 5.41) is 10.9. The number of carbonyl (C=O) groups is 1. The fraction of sp³-hybridized carbons (Fsp3) is 0.350. The van der Waals surface area contributed by atoms with E-state index in [0.29, 0.717) is 21.6 Å². The predicted octanol–water partition coefficient (Wildman–Crippen LogP) is 2.41. The van der Waals surface area contributed by atoms with E-state index in [4.69, 9.17) is 17.3 Å². The molecule has 0 unspecified atom stereocenters. The minimum absolute atomic E-state index is 0.0451. The molecule has 3 aromatic rings. The maximum Gasteiger partial charge on any atom is 0.261 e. The van der Waals surface area contributed by atoms with Gasteiger partial charge in [0, 0.05) is 32.2 Å². The largest absolute Gasteiger partial charge is 0.382 e. The van der Waals surface area contributed by atoms with E-state index in [1.54, 1.807) is 12.1 Å². The highest BCUT2D eigenvalue weighted by atomic mass is 35.5. The standard InChI is InChI=1S/C20H22ClN7OS/c21-17-4-3-16(30-17)20(29)26-13-2-1-7-27(10-13)15-8-14(12-5-6-23-9-12)28-18(15)19(22)24-11-25-28/h3-5,8,11,13,23H,1-2,6-7,9-10H2,(H,26,29)(H2,22,24,25)/t13-/m1/s1. The summed E-state index contributed by atoms with van der Waals surface area (Å²) in [5.41, 5.74) is 10.3. The van der Waals surface area contributed by atoms with Crippen LogP contribution in [0.25, 0.3) is 11.1 Å². The highest BCUT2D eigenvalue weighted by Crippen LogP contribution is 2.34. The Hall–Kier alpha value is -2.62. The summed E-state index contributed by atoms with van der Waals surface area (Å²) in [4.78, 5) is 19.7. The minimum atomic E-state index is -0.0776. The molecule has 5 heterocycles. The van der Waals surface area contributed by atoms with Crippen molar-refractivity contribution < 1.29 is 4.79 Å². The van der Waals surface area contributed by atoms with Crippen molar-refractivity contribution in [1.82, 2.24) is 25.2 Å². The number of amides is 1. The van der Waals surface area contributed by atoms with Gasteiger partial charge in [0.1, 0.15) is 11.8 Å². The second-order valence-corrected chi connectivity index (χ2v) is 9.26. The van der Waals surface area contributed by atoms with Crippen LogP contribution in [0.5, 0.6) is 0 Å². The van der Waals surface area contributed by atoms with Crippen LogP contribution in [-0.2, 0) is 0 Å². The summed E-state index contributed by atoms with van der Waals surface area (Å²) in [6, 6.07) is 5.70. The molecule has 3 aromatic heterocycles. The zero-order valence-corrected chi connectivity index (χ0v) is 17.8. The van der Waals surface area contributed by atoms with Gasteiger partial charge in [-0.15, -0.1) is 11.3 Å². The number of fused-ring (bicyclic) bond motifs is 1. The number of nitrogen functional groups attached to an aromatic ring is 1. The Morgan fingerprint density at radius 2 is 2.30 bits per heavy atom. The van der Waals surface area contributed by atoms with Crippen LogP contribution >= 0.6 is 22.9 Å². The van der Waals surface area contributed by atoms with Gasteiger partial charge in [0.05, 0.1) is 20.6 Å². The molecule has 0 saturated carbocycles. The van der Waals surface area contributed by atoms with Gasteiger partial charge < -0.3 is 21.3 Å². The highest BCUT2D eigenvalue weighted by Gasteiger charge is 2.27. The van der Waals surface area contributed by atoms with Crippen LogP contribution in [0.2, 0.25) is 4.34 Å². The van der Waals surface area contributed by atoms with Crippen molar-refractivity contribution in [2.75, 3.05) is 36.8 Å². The number of thiophene rings is 1. The third kappa shape index (κ3) is 3.53. The number of carbonyl (C=O) groups excluding carboxylic acids is 1. The molecule has 0 aliphatic carbocycles. The molecule has 10 heteroatoms. The average Bonchev–Trinajstić information content (AvgIpc) is 3.48. The van der Waals surface area contributed by atoms with Gasteiger partial charge >= 0.3 is 0 Å². The second kappa shape index (κ2) is 7.90. The number of nitrogens with two attached hydrogens (primary N) is 1. The van der Waals surface area contributed by atoms with Gasteiger partial charge in [-0.25, -0.2) is 9.50 Å². The SMILES string of the molecule is Nc1ncnn2c(C3=CCNC3)cc(N3CCC[C@@H](NC(=O)c4ccc(Cl)s4)C3)c12. The molecule has 1 fully saturated rings. The predicted molar refractivity (Wildman–Crippen MR) is 120 cm³/mol. The molecule has 0 spiro atoms. The molecule has 5 rings (SSSR count). The summed E-state index contributed by atoms with van der Waals surface area (Å²) >= 11 is 7.27. The fourth-order valence-corrected chi connectivity index (χ4v) is 5.14. The molecule has 156 valence electrons. The summed E-state index contributed by atoms with van der Waals surface area (Å²) in [5.74, 6) is 0.378. The Balaban J connectivity index is 1.43. The molecular weight excluding hydrogens is 422 g/mol. The van der Waals surface area contributed by atoms with Crippen LogP contribution in [0.3, 0.4) is 0 Å². The first-order valence-electron chi connectivity index (χ1n) is 9.93. The summed E-state index contributed by atoms with van der Waals surface area (Å²) in [6.07, 6.45) is 5.57. The van der Waals surface area contributed by atoms with Crippen molar-refractivity contribution in [2.24, 2.45) is 0 Å². The molecule has 0 bridgehead atoms. The monoisotopic (exact) mass is 443 g/mol. The first kappa shape index (κ1) is 19.3. The molecule has 0 radical (unpaired) electrons. The average molecular weight is 444 g/mol. The normalized spacial score (nSPS) is 19.3. The fourth-order valence-electron chi connectivity index (χ4n) is 4.19. The number of rotatable bonds is 4. The molecule has 4 N–H and O–H groups in total. The van der Waals surface area contributed by atoms with Crippen molar-refractivity contribution in [3.63, 3.8) is 0 Å². The minimum Gasteiger partial charge on any atom is -0.382 e. The van der Waals surface area contributed by atoms with Crippen LogP contribution in [0.15, 0.2) is 30.6 Å². The first-order valence-corrected chi connectivity index (χ1v) is 11.1. The topological polar surface area (TPSA) is 101 Å². The molecule has 30 heavy (non-hydrogen) atoms. The number of nitrogens with zero attached hydrogens (tertiary/aromatic N) is 4. The van der Waals surface area contributed by atoms with E-state index in [-0.39, 0.29) is 11.9 Å². The maximum absolute atomic E-state index is 12.6. The van der Waals surface area contributed by atoms with Gasteiger partial charge in [-0.1, -0.05) is 17.7 Å². The van der Waals surface area contributed by atoms with Crippen LogP contribution < -0.4 is 21.3 Å². The lowest BCUT2D eigenvalue weighted by atomic mass is 10.0. The van der Waals surface area contributed by atoms with Gasteiger partial charge in [-0.05, 0) is 36.6 Å². The van der Waals surface area contributed by atoms with E-state index < -0.39 is 0 Å². The Bertz CT molecular complexity index is 1140. The lowest BCUT2D eigenvalue weighted by molar-refractivity contribution is 0.0937. The van der Waals surface area contributed by atoms with Gasteiger partial charge in [0.25, 0.3) is 5.91 Å². The van der Waals surface area contributed by atoms with Crippen molar-refractivity contribution in [3.05, 3.63) is 45.5 Å². The lowest BCUT2D eigenvalue weighted by Crippen LogP contribution is -2.47. The zero-order chi connectivity index (χ0) is 20.7. The molecule has 0 aromatic carbocycles. The summed E-state index contributed by atoms with van der Waals surface area (Å²) in [6.45, 7) is 3.25. The maximum atomic E-state index is 12.6. The van der Waals surface area contributed by atoms with Crippen LogP contribution in [0, 0.1) is 0 Å². The van der Waals surface area contributed by atoms with Crippen LogP contribution in [0.1, 0.15) is 28.2 Å². The summed E-state index contributed by atoms with van der Waals surface area (Å²) < 4.78 is 2.50. The molecule has 1 saturated heterocycles. The quantitative estimate of drug-likeness (QED) is 0.572. The smallest absolute Gasteiger partial charge is 0.261 e. The van der Waals surface area contributed by atoms with Crippen LogP contribution in [0.4, 0.5) is 11.5 Å². The Morgan fingerprint density at radius 1 is 1.40 bits per heavy atom. The molecule has 2 aliphatic rings. The van der Waals surface area contributed by atoms with E-state index in [9.17, 15) is 4.79 Å². The number of hydrogen-bond donors (Lipinski definition) is 3. The number of aromatic nitrogens is 3. The third-order valence-electron chi connectivity index (χ3n) is 5.59. The number of anilines is 2. The van der Waals surface area contributed by atoms with Crippen molar-refractivity contribution in [1.29, 1.82) is 0 Å². The lowest BCUT2D eigenvalue weighted by Gasteiger charge is -2.34.